The molecule has 2 rings (SSSR count). The maximum absolute atomic E-state index is 11.4. The first-order valence-corrected chi connectivity index (χ1v) is 5.60. The molecule has 1 unspecified atom stereocenters. The van der Waals surface area contributed by atoms with Crippen molar-refractivity contribution < 1.29 is 19.5 Å². The number of nitrogens with one attached hydrogen (secondary N) is 1. The third kappa shape index (κ3) is 2.11. The largest absolute Gasteiger partial charge is 0.477 e. The first-order chi connectivity index (χ1) is 7.99. The van der Waals surface area contributed by atoms with Gasteiger partial charge in [-0.05, 0) is 6.92 Å². The highest BCUT2D eigenvalue weighted by Crippen LogP contribution is 2.25. The van der Waals surface area contributed by atoms with E-state index < -0.39 is 23.8 Å². The first kappa shape index (κ1) is 11.5. The monoisotopic (exact) mass is 255 g/mol. The van der Waals surface area contributed by atoms with Gasteiger partial charge in [-0.15, -0.1) is 0 Å². The molecule has 0 aromatic carbocycles. The van der Waals surface area contributed by atoms with E-state index >= 15 is 0 Å². The number of carbonyl (C=O) groups excluding carboxylic acids is 2. The lowest BCUT2D eigenvalue weighted by molar-refractivity contribution is -0.132. The van der Waals surface area contributed by atoms with Crippen LogP contribution in [0.2, 0.25) is 0 Å². The molecule has 0 bridgehead atoms. The van der Waals surface area contributed by atoms with Crippen molar-refractivity contribution in [2.45, 2.75) is 13.0 Å². The number of hydrogen-bond acceptors (Lipinski definition) is 6. The van der Waals surface area contributed by atoms with Crippen molar-refractivity contribution in [3.8, 4) is 0 Å². The van der Waals surface area contributed by atoms with Crippen molar-refractivity contribution in [3.63, 3.8) is 0 Å². The summed E-state index contributed by atoms with van der Waals surface area (Å²) in [5.41, 5.74) is 0. The molecule has 1 fully saturated rings. The molecule has 2 heterocycles. The average Bonchev–Trinajstić information content (AvgIpc) is 2.72. The number of carboxylic acid groups (broad SMARTS) is 1. The highest BCUT2D eigenvalue weighted by Gasteiger charge is 2.32. The molecule has 1 aliphatic heterocycles. The summed E-state index contributed by atoms with van der Waals surface area (Å²) in [6.07, 6.45) is 1.21. The van der Waals surface area contributed by atoms with E-state index in [2.05, 4.69) is 10.3 Å². The number of aromatic nitrogens is 1. The zero-order valence-electron chi connectivity index (χ0n) is 8.84. The summed E-state index contributed by atoms with van der Waals surface area (Å²) in [5.74, 6) is -1.90. The molecule has 17 heavy (non-hydrogen) atoms. The second-order valence-corrected chi connectivity index (χ2v) is 4.54. The van der Waals surface area contributed by atoms with Crippen LogP contribution in [0.25, 0.3) is 0 Å². The Labute approximate surface area is 100 Å². The molecule has 90 valence electrons. The van der Waals surface area contributed by atoms with Gasteiger partial charge in [0.05, 0.1) is 6.20 Å². The number of rotatable bonds is 2. The van der Waals surface area contributed by atoms with E-state index in [-0.39, 0.29) is 11.4 Å². The Bertz CT molecular complexity index is 498. The number of carbonyl (C=O) groups is 3. The molecule has 2 amide bonds. The van der Waals surface area contributed by atoms with Crippen LogP contribution in [0.4, 0.5) is 5.13 Å². The minimum Gasteiger partial charge on any atom is -0.477 e. The van der Waals surface area contributed by atoms with Gasteiger partial charge in [0, 0.05) is 0 Å². The van der Waals surface area contributed by atoms with Gasteiger partial charge in [0.25, 0.3) is 0 Å². The van der Waals surface area contributed by atoms with Gasteiger partial charge in [-0.25, -0.2) is 9.78 Å². The molecule has 1 aromatic rings. The third-order valence-corrected chi connectivity index (χ3v) is 3.40. The number of piperazine rings is 1. The number of thiazole rings is 1. The molecule has 1 aliphatic rings. The highest BCUT2D eigenvalue weighted by atomic mass is 32.1. The lowest BCUT2D eigenvalue weighted by atomic mass is 10.2. The molecular weight excluding hydrogens is 246 g/mol. The number of carboxylic acids is 1. The van der Waals surface area contributed by atoms with Gasteiger partial charge in [-0.1, -0.05) is 11.3 Å². The number of hydrogen-bond donors (Lipinski definition) is 2. The Kier molecular flexibility index (Phi) is 2.80. The van der Waals surface area contributed by atoms with E-state index in [0.717, 1.165) is 11.3 Å². The number of amides is 2. The summed E-state index contributed by atoms with van der Waals surface area (Å²) in [7, 11) is 0. The molecule has 0 saturated carbocycles. The Balaban J connectivity index is 2.28. The Morgan fingerprint density at radius 3 is 2.94 bits per heavy atom. The van der Waals surface area contributed by atoms with E-state index in [1.165, 1.54) is 11.1 Å². The van der Waals surface area contributed by atoms with Gasteiger partial charge in [-0.3, -0.25) is 14.9 Å². The summed E-state index contributed by atoms with van der Waals surface area (Å²) in [6.45, 7) is 1.63. The zero-order chi connectivity index (χ0) is 12.6. The normalized spacial score (nSPS) is 20.3. The summed E-state index contributed by atoms with van der Waals surface area (Å²) < 4.78 is 0. The van der Waals surface area contributed by atoms with Crippen LogP contribution in [-0.2, 0) is 9.59 Å². The van der Waals surface area contributed by atoms with Gasteiger partial charge >= 0.3 is 5.97 Å². The van der Waals surface area contributed by atoms with Crippen molar-refractivity contribution >= 4 is 34.3 Å². The quantitative estimate of drug-likeness (QED) is 0.703. The molecule has 2 N–H and O–H groups in total. The third-order valence-electron chi connectivity index (χ3n) is 2.37. The molecule has 0 spiro atoms. The second kappa shape index (κ2) is 4.13. The van der Waals surface area contributed by atoms with Crippen molar-refractivity contribution in [2.24, 2.45) is 0 Å². The zero-order valence-corrected chi connectivity index (χ0v) is 9.65. The maximum atomic E-state index is 11.4. The van der Waals surface area contributed by atoms with E-state index in [9.17, 15) is 14.4 Å². The van der Waals surface area contributed by atoms with Crippen LogP contribution >= 0.6 is 11.3 Å². The van der Waals surface area contributed by atoms with Crippen LogP contribution in [0.5, 0.6) is 0 Å². The lowest BCUT2D eigenvalue weighted by Crippen LogP contribution is -2.57. The van der Waals surface area contributed by atoms with Crippen LogP contribution in [-0.4, -0.2) is 40.5 Å². The molecule has 8 heteroatoms. The van der Waals surface area contributed by atoms with Gasteiger partial charge in [-0.2, -0.15) is 0 Å². The minimum absolute atomic E-state index is 0.000517. The molecule has 0 aliphatic carbocycles. The SMILES string of the molecule is CC1C(=O)NC(=O)CN1c1ncc(C(=O)O)s1. The number of imide groups is 1. The fourth-order valence-electron chi connectivity index (χ4n) is 1.44. The summed E-state index contributed by atoms with van der Waals surface area (Å²) in [5, 5.41) is 11.3. The van der Waals surface area contributed by atoms with E-state index in [1.807, 2.05) is 0 Å². The molecule has 7 nitrogen and oxygen atoms in total. The van der Waals surface area contributed by atoms with Crippen LogP contribution in [0.3, 0.4) is 0 Å². The van der Waals surface area contributed by atoms with Crippen LogP contribution in [0.1, 0.15) is 16.6 Å². The van der Waals surface area contributed by atoms with Gasteiger partial charge in [0.2, 0.25) is 11.8 Å². The van der Waals surface area contributed by atoms with Gasteiger partial charge < -0.3 is 10.0 Å². The Hall–Kier alpha value is -1.96. The van der Waals surface area contributed by atoms with Crippen molar-refractivity contribution in [2.75, 3.05) is 11.4 Å². The fraction of sp³-hybridized carbons (Fsp3) is 0.333. The van der Waals surface area contributed by atoms with Crippen molar-refractivity contribution in [3.05, 3.63) is 11.1 Å². The Morgan fingerprint density at radius 1 is 1.65 bits per heavy atom. The number of anilines is 1. The fourth-order valence-corrected chi connectivity index (χ4v) is 2.28. The number of aromatic carboxylic acids is 1. The maximum Gasteiger partial charge on any atom is 0.347 e. The van der Waals surface area contributed by atoms with Crippen LogP contribution in [0, 0.1) is 0 Å². The molecular formula is C9H9N3O4S. The van der Waals surface area contributed by atoms with Gasteiger partial charge in [0.15, 0.2) is 5.13 Å². The smallest absolute Gasteiger partial charge is 0.347 e. The van der Waals surface area contributed by atoms with Crippen molar-refractivity contribution in [1.82, 2.24) is 10.3 Å². The first-order valence-electron chi connectivity index (χ1n) is 4.78. The predicted molar refractivity (Wildman–Crippen MR) is 59.0 cm³/mol. The van der Waals surface area contributed by atoms with Crippen LogP contribution < -0.4 is 10.2 Å². The predicted octanol–water partition coefficient (Wildman–Crippen LogP) is -0.307. The Morgan fingerprint density at radius 2 is 2.35 bits per heavy atom. The highest BCUT2D eigenvalue weighted by molar-refractivity contribution is 7.17. The molecule has 1 aromatic heterocycles. The van der Waals surface area contributed by atoms with Gasteiger partial charge in [0.1, 0.15) is 17.5 Å². The van der Waals surface area contributed by atoms with Crippen molar-refractivity contribution in [1.29, 1.82) is 0 Å². The molecule has 1 saturated heterocycles. The topological polar surface area (TPSA) is 99.6 Å². The summed E-state index contributed by atoms with van der Waals surface area (Å²) in [6, 6.07) is -0.541. The van der Waals surface area contributed by atoms with E-state index in [0.29, 0.717) is 5.13 Å². The standard InChI is InChI=1S/C9H9N3O4S/c1-4-7(14)11-6(13)3-12(4)9-10-2-5(17-9)8(15)16/h2,4H,3H2,1H3,(H,15,16)(H,11,13,14). The minimum atomic E-state index is -1.07. The summed E-state index contributed by atoms with van der Waals surface area (Å²) in [4.78, 5) is 38.8. The molecule has 0 radical (unpaired) electrons. The second-order valence-electron chi connectivity index (χ2n) is 3.53. The lowest BCUT2D eigenvalue weighted by Gasteiger charge is -2.31. The average molecular weight is 255 g/mol. The molecule has 1 atom stereocenters. The van der Waals surface area contributed by atoms with E-state index in [4.69, 9.17) is 5.11 Å². The number of nitrogens with zero attached hydrogens (tertiary/aromatic N) is 2. The summed E-state index contributed by atoms with van der Waals surface area (Å²) >= 11 is 0.938. The van der Waals surface area contributed by atoms with Crippen LogP contribution in [0.15, 0.2) is 6.20 Å². The van der Waals surface area contributed by atoms with E-state index in [1.54, 1.807) is 6.92 Å².